The van der Waals surface area contributed by atoms with E-state index in [9.17, 15) is 0 Å². The van der Waals surface area contributed by atoms with Crippen molar-refractivity contribution in [3.63, 3.8) is 0 Å². The Morgan fingerprint density at radius 3 is 3.00 bits per heavy atom. The summed E-state index contributed by atoms with van der Waals surface area (Å²) in [4.78, 5) is 4.22. The van der Waals surface area contributed by atoms with Gasteiger partial charge in [0, 0.05) is 24.6 Å². The first-order valence-corrected chi connectivity index (χ1v) is 4.56. The summed E-state index contributed by atoms with van der Waals surface area (Å²) in [6.07, 6.45) is 7.24. The minimum absolute atomic E-state index is 0.395. The zero-order valence-corrected chi connectivity index (χ0v) is 8.23. The van der Waals surface area contributed by atoms with Gasteiger partial charge in [0.15, 0.2) is 0 Å². The zero-order chi connectivity index (χ0) is 9.97. The maximum absolute atomic E-state index is 4.22. The molecule has 0 amide bonds. The molecule has 5 heteroatoms. The van der Waals surface area contributed by atoms with E-state index in [0.29, 0.717) is 6.04 Å². The van der Waals surface area contributed by atoms with Crippen molar-refractivity contribution in [2.24, 2.45) is 0 Å². The maximum Gasteiger partial charge on any atom is 0.207 e. The SMILES string of the molecule is CC(C)n1ccnc1Nc1cn[nH]c1. The maximum atomic E-state index is 4.22. The smallest absolute Gasteiger partial charge is 0.207 e. The molecule has 2 heterocycles. The van der Waals surface area contributed by atoms with Gasteiger partial charge in [-0.3, -0.25) is 5.10 Å². The van der Waals surface area contributed by atoms with Gasteiger partial charge in [0.25, 0.3) is 0 Å². The number of nitrogens with zero attached hydrogens (tertiary/aromatic N) is 3. The van der Waals surface area contributed by atoms with Gasteiger partial charge in [-0.15, -0.1) is 0 Å². The Kier molecular flexibility index (Phi) is 2.22. The van der Waals surface area contributed by atoms with Gasteiger partial charge in [-0.1, -0.05) is 0 Å². The molecule has 5 nitrogen and oxygen atoms in total. The van der Waals surface area contributed by atoms with Gasteiger partial charge in [-0.2, -0.15) is 5.10 Å². The molecule has 0 atom stereocenters. The van der Waals surface area contributed by atoms with Crippen molar-refractivity contribution in [3.8, 4) is 0 Å². The highest BCUT2D eigenvalue weighted by molar-refractivity contribution is 5.50. The number of nitrogens with one attached hydrogen (secondary N) is 2. The van der Waals surface area contributed by atoms with Crippen LogP contribution in [0.5, 0.6) is 0 Å². The monoisotopic (exact) mass is 191 g/mol. The molecular formula is C9H13N5. The average molecular weight is 191 g/mol. The lowest BCUT2D eigenvalue weighted by atomic mass is 10.4. The van der Waals surface area contributed by atoms with E-state index in [1.165, 1.54) is 0 Å². The van der Waals surface area contributed by atoms with Gasteiger partial charge in [0.05, 0.1) is 11.9 Å². The molecule has 2 aromatic heterocycles. The Bertz CT molecular complexity index is 387. The summed E-state index contributed by atoms with van der Waals surface area (Å²) < 4.78 is 2.06. The lowest BCUT2D eigenvalue weighted by molar-refractivity contribution is 0.608. The number of anilines is 2. The largest absolute Gasteiger partial charge is 0.323 e. The van der Waals surface area contributed by atoms with Crippen LogP contribution in [0.1, 0.15) is 19.9 Å². The molecule has 0 bridgehead atoms. The van der Waals surface area contributed by atoms with Crippen molar-refractivity contribution < 1.29 is 0 Å². The van der Waals surface area contributed by atoms with Crippen LogP contribution in [-0.2, 0) is 0 Å². The van der Waals surface area contributed by atoms with Gasteiger partial charge < -0.3 is 9.88 Å². The predicted molar refractivity (Wildman–Crippen MR) is 54.5 cm³/mol. The Hall–Kier alpha value is -1.78. The van der Waals surface area contributed by atoms with E-state index in [2.05, 4.69) is 38.9 Å². The molecule has 0 aliphatic rings. The van der Waals surface area contributed by atoms with Crippen LogP contribution in [0.4, 0.5) is 11.6 Å². The number of H-pyrrole nitrogens is 1. The van der Waals surface area contributed by atoms with Crippen LogP contribution in [0.15, 0.2) is 24.8 Å². The van der Waals surface area contributed by atoms with Crippen LogP contribution in [0.25, 0.3) is 0 Å². The molecular weight excluding hydrogens is 178 g/mol. The lowest BCUT2D eigenvalue weighted by Crippen LogP contribution is -2.04. The lowest BCUT2D eigenvalue weighted by Gasteiger charge is -2.11. The van der Waals surface area contributed by atoms with Crippen LogP contribution < -0.4 is 5.32 Å². The minimum atomic E-state index is 0.395. The molecule has 0 aliphatic heterocycles. The van der Waals surface area contributed by atoms with Gasteiger partial charge in [0.2, 0.25) is 5.95 Å². The second kappa shape index (κ2) is 3.53. The van der Waals surface area contributed by atoms with Crippen LogP contribution in [-0.4, -0.2) is 19.7 Å². The minimum Gasteiger partial charge on any atom is -0.323 e. The highest BCUT2D eigenvalue weighted by Crippen LogP contribution is 2.16. The second-order valence-electron chi connectivity index (χ2n) is 3.36. The van der Waals surface area contributed by atoms with Gasteiger partial charge >= 0.3 is 0 Å². The van der Waals surface area contributed by atoms with E-state index in [0.717, 1.165) is 11.6 Å². The first kappa shape index (κ1) is 8.80. The summed E-state index contributed by atoms with van der Waals surface area (Å²) in [5.74, 6) is 0.835. The molecule has 0 saturated heterocycles. The van der Waals surface area contributed by atoms with Crippen LogP contribution in [0.3, 0.4) is 0 Å². The fourth-order valence-electron chi connectivity index (χ4n) is 1.27. The number of imidazole rings is 1. The molecule has 74 valence electrons. The molecule has 2 aromatic rings. The molecule has 0 spiro atoms. The van der Waals surface area contributed by atoms with Crippen LogP contribution in [0.2, 0.25) is 0 Å². The van der Waals surface area contributed by atoms with E-state index in [4.69, 9.17) is 0 Å². The average Bonchev–Trinajstić information content (AvgIpc) is 2.75. The number of hydrogen-bond acceptors (Lipinski definition) is 3. The second-order valence-corrected chi connectivity index (χ2v) is 3.36. The van der Waals surface area contributed by atoms with Crippen molar-refractivity contribution in [1.29, 1.82) is 0 Å². The van der Waals surface area contributed by atoms with Crippen LogP contribution in [0, 0.1) is 0 Å². The summed E-state index contributed by atoms with van der Waals surface area (Å²) >= 11 is 0. The molecule has 2 rings (SSSR count). The third kappa shape index (κ3) is 1.61. The highest BCUT2D eigenvalue weighted by Gasteiger charge is 2.05. The number of aromatic amines is 1. The Labute approximate surface area is 82.2 Å². The van der Waals surface area contributed by atoms with E-state index in [1.54, 1.807) is 18.6 Å². The fraction of sp³-hybridized carbons (Fsp3) is 0.333. The Morgan fingerprint density at radius 2 is 2.36 bits per heavy atom. The topological polar surface area (TPSA) is 58.5 Å². The molecule has 0 aromatic carbocycles. The molecule has 0 fully saturated rings. The van der Waals surface area contributed by atoms with Crippen LogP contribution >= 0.6 is 0 Å². The summed E-state index contributed by atoms with van der Waals surface area (Å²) in [6.45, 7) is 4.23. The molecule has 2 N–H and O–H groups in total. The first-order chi connectivity index (χ1) is 6.77. The van der Waals surface area contributed by atoms with E-state index >= 15 is 0 Å². The Morgan fingerprint density at radius 1 is 1.50 bits per heavy atom. The molecule has 0 unspecified atom stereocenters. The highest BCUT2D eigenvalue weighted by atomic mass is 15.2. The molecule has 0 radical (unpaired) electrons. The third-order valence-electron chi connectivity index (χ3n) is 1.98. The number of hydrogen-bond donors (Lipinski definition) is 2. The van der Waals surface area contributed by atoms with Crippen molar-refractivity contribution in [1.82, 2.24) is 19.7 Å². The summed E-state index contributed by atoms with van der Waals surface area (Å²) in [6, 6.07) is 0.395. The fourth-order valence-corrected chi connectivity index (χ4v) is 1.27. The third-order valence-corrected chi connectivity index (χ3v) is 1.98. The predicted octanol–water partition coefficient (Wildman–Crippen LogP) is 1.93. The standard InChI is InChI=1S/C9H13N5/c1-7(2)14-4-3-10-9(14)13-8-5-11-12-6-8/h3-7H,1-2H3,(H,10,13)(H,11,12). The summed E-state index contributed by atoms with van der Waals surface area (Å²) in [5, 5.41) is 9.77. The number of aromatic nitrogens is 4. The Balaban J connectivity index is 2.21. The van der Waals surface area contributed by atoms with Gasteiger partial charge in [0.1, 0.15) is 0 Å². The van der Waals surface area contributed by atoms with Crippen molar-refractivity contribution >= 4 is 11.6 Å². The van der Waals surface area contributed by atoms with Crippen molar-refractivity contribution in [3.05, 3.63) is 24.8 Å². The number of rotatable bonds is 3. The van der Waals surface area contributed by atoms with E-state index in [-0.39, 0.29) is 0 Å². The normalized spacial score (nSPS) is 10.8. The van der Waals surface area contributed by atoms with Gasteiger partial charge in [-0.25, -0.2) is 4.98 Å². The van der Waals surface area contributed by atoms with E-state index in [1.807, 2.05) is 6.20 Å². The van der Waals surface area contributed by atoms with Crippen molar-refractivity contribution in [2.45, 2.75) is 19.9 Å². The molecule has 0 aliphatic carbocycles. The molecule has 0 saturated carbocycles. The van der Waals surface area contributed by atoms with Crippen molar-refractivity contribution in [2.75, 3.05) is 5.32 Å². The summed E-state index contributed by atoms with van der Waals surface area (Å²) in [7, 11) is 0. The zero-order valence-electron chi connectivity index (χ0n) is 8.23. The summed E-state index contributed by atoms with van der Waals surface area (Å²) in [5.41, 5.74) is 0.915. The van der Waals surface area contributed by atoms with Gasteiger partial charge in [-0.05, 0) is 13.8 Å². The quantitative estimate of drug-likeness (QED) is 0.779. The first-order valence-electron chi connectivity index (χ1n) is 4.56. The molecule has 14 heavy (non-hydrogen) atoms. The van der Waals surface area contributed by atoms with E-state index < -0.39 is 0 Å².